The Hall–Kier alpha value is -3.05. The van der Waals surface area contributed by atoms with Crippen molar-refractivity contribution < 1.29 is 9.53 Å². The fraction of sp³-hybridized carbons (Fsp3) is 0.379. The third-order valence-corrected chi connectivity index (χ3v) is 5.68. The van der Waals surface area contributed by atoms with E-state index in [0.717, 1.165) is 48.6 Å². The quantitative estimate of drug-likeness (QED) is 0.291. The molecule has 0 aliphatic rings. The number of aromatic nitrogens is 1. The van der Waals surface area contributed by atoms with Crippen molar-refractivity contribution >= 4 is 29.0 Å². The highest BCUT2D eigenvalue weighted by atomic mass is 35.5. The number of benzene rings is 2. The van der Waals surface area contributed by atoms with Gasteiger partial charge in [0, 0.05) is 30.0 Å². The van der Waals surface area contributed by atoms with Crippen LogP contribution in [0.1, 0.15) is 62.0 Å². The number of hydrogen-bond donors (Lipinski definition) is 0. The smallest absolute Gasteiger partial charge is 0.262 e. The van der Waals surface area contributed by atoms with Crippen molar-refractivity contribution in [3.05, 3.63) is 82.5 Å². The molecule has 5 nitrogen and oxygen atoms in total. The number of nitrogens with zero attached hydrogens (tertiary/aromatic N) is 3. The van der Waals surface area contributed by atoms with Crippen LogP contribution in [0.5, 0.6) is 5.75 Å². The van der Waals surface area contributed by atoms with Gasteiger partial charge in [0.05, 0.1) is 19.2 Å². The molecule has 0 fully saturated rings. The van der Waals surface area contributed by atoms with Crippen LogP contribution in [0.15, 0.2) is 60.8 Å². The maximum Gasteiger partial charge on any atom is 0.262 e. The van der Waals surface area contributed by atoms with Crippen LogP contribution in [-0.4, -0.2) is 31.1 Å². The van der Waals surface area contributed by atoms with Crippen LogP contribution in [0.2, 0.25) is 5.02 Å². The lowest BCUT2D eigenvalue weighted by molar-refractivity contribution is 0.0982. The van der Waals surface area contributed by atoms with Crippen molar-refractivity contribution in [2.75, 3.05) is 30.0 Å². The molecule has 3 aromatic rings. The summed E-state index contributed by atoms with van der Waals surface area (Å²) >= 11 is 6.11. The Labute approximate surface area is 215 Å². The lowest BCUT2D eigenvalue weighted by atomic mass is 10.1. The SMILES string of the molecule is CC.CCCN(CCC)c1ccc(CN(C(=O)c2ccc(Cl)cc2OC)c2ccc(C)cc2)cn1. The second-order valence-electron chi connectivity index (χ2n) is 8.08. The fourth-order valence-corrected chi connectivity index (χ4v) is 3.91. The van der Waals surface area contributed by atoms with E-state index in [2.05, 4.69) is 18.7 Å². The van der Waals surface area contributed by atoms with E-state index in [4.69, 9.17) is 21.3 Å². The zero-order valence-corrected chi connectivity index (χ0v) is 22.6. The summed E-state index contributed by atoms with van der Waals surface area (Å²) in [6.07, 6.45) is 4.01. The van der Waals surface area contributed by atoms with E-state index in [1.807, 2.05) is 63.4 Å². The first-order valence-electron chi connectivity index (χ1n) is 12.4. The second kappa shape index (κ2) is 14.4. The van der Waals surface area contributed by atoms with E-state index in [0.29, 0.717) is 22.9 Å². The summed E-state index contributed by atoms with van der Waals surface area (Å²) in [6, 6.07) is 17.1. The second-order valence-corrected chi connectivity index (χ2v) is 8.52. The van der Waals surface area contributed by atoms with Crippen molar-refractivity contribution in [2.24, 2.45) is 0 Å². The van der Waals surface area contributed by atoms with Crippen molar-refractivity contribution in [2.45, 2.75) is 54.0 Å². The first kappa shape index (κ1) is 28.2. The standard InChI is InChI=1S/C27H32ClN3O2.C2H6/c1-5-15-30(16-6-2)26-14-9-21(18-29-26)19-31(23-11-7-20(3)8-12-23)27(32)24-13-10-22(28)17-25(24)33-4;1-2/h7-14,17-18H,5-6,15-16,19H2,1-4H3;1-2H3. The van der Waals surface area contributed by atoms with Crippen LogP contribution < -0.4 is 14.5 Å². The minimum Gasteiger partial charge on any atom is -0.496 e. The number of aryl methyl sites for hydroxylation is 1. The van der Waals surface area contributed by atoms with Gasteiger partial charge < -0.3 is 14.5 Å². The molecule has 1 heterocycles. The molecule has 1 amide bonds. The summed E-state index contributed by atoms with van der Waals surface area (Å²) in [5.41, 5.74) is 3.36. The summed E-state index contributed by atoms with van der Waals surface area (Å²) < 4.78 is 5.44. The molecule has 0 saturated carbocycles. The molecule has 0 saturated heterocycles. The van der Waals surface area contributed by atoms with Crippen molar-refractivity contribution in [3.63, 3.8) is 0 Å². The number of methoxy groups -OCH3 is 1. The first-order chi connectivity index (χ1) is 17.0. The molecule has 0 aliphatic heterocycles. The summed E-state index contributed by atoms with van der Waals surface area (Å²) in [5, 5.41) is 0.522. The molecule has 2 aromatic carbocycles. The molecule has 188 valence electrons. The molecule has 0 unspecified atom stereocenters. The predicted molar refractivity (Wildman–Crippen MR) is 148 cm³/mol. The van der Waals surface area contributed by atoms with E-state index >= 15 is 0 Å². The highest BCUT2D eigenvalue weighted by Crippen LogP contribution is 2.28. The van der Waals surface area contributed by atoms with Crippen molar-refractivity contribution in [3.8, 4) is 5.75 Å². The number of carbonyl (C=O) groups is 1. The molecule has 0 radical (unpaired) electrons. The largest absolute Gasteiger partial charge is 0.496 e. The van der Waals surface area contributed by atoms with Gasteiger partial charge in [0.15, 0.2) is 0 Å². The van der Waals surface area contributed by atoms with Gasteiger partial charge in [0.2, 0.25) is 0 Å². The van der Waals surface area contributed by atoms with Crippen LogP contribution in [0.3, 0.4) is 0 Å². The molecule has 0 N–H and O–H groups in total. The maximum absolute atomic E-state index is 13.6. The topological polar surface area (TPSA) is 45.7 Å². The summed E-state index contributed by atoms with van der Waals surface area (Å²) in [4.78, 5) is 22.4. The minimum absolute atomic E-state index is 0.157. The fourth-order valence-electron chi connectivity index (χ4n) is 3.75. The Balaban J connectivity index is 0.00000210. The predicted octanol–water partition coefficient (Wildman–Crippen LogP) is 7.55. The number of pyridine rings is 1. The Morgan fingerprint density at radius 3 is 2.17 bits per heavy atom. The van der Waals surface area contributed by atoms with Gasteiger partial charge in [-0.1, -0.05) is 63.1 Å². The maximum atomic E-state index is 13.6. The zero-order valence-electron chi connectivity index (χ0n) is 21.8. The van der Waals surface area contributed by atoms with Crippen LogP contribution >= 0.6 is 11.6 Å². The lowest BCUT2D eigenvalue weighted by Gasteiger charge is -2.25. The highest BCUT2D eigenvalue weighted by Gasteiger charge is 2.22. The molecule has 3 rings (SSSR count). The van der Waals surface area contributed by atoms with Crippen LogP contribution in [-0.2, 0) is 6.54 Å². The Morgan fingerprint density at radius 1 is 0.971 bits per heavy atom. The number of hydrogen-bond acceptors (Lipinski definition) is 4. The van der Waals surface area contributed by atoms with Crippen molar-refractivity contribution in [1.82, 2.24) is 4.98 Å². The minimum atomic E-state index is -0.157. The third-order valence-electron chi connectivity index (χ3n) is 5.45. The van der Waals surface area contributed by atoms with Gasteiger partial charge in [-0.15, -0.1) is 0 Å². The van der Waals surface area contributed by atoms with E-state index in [9.17, 15) is 4.79 Å². The lowest BCUT2D eigenvalue weighted by Crippen LogP contribution is -2.31. The molecular weight excluding hydrogens is 458 g/mol. The van der Waals surface area contributed by atoms with E-state index in [1.54, 1.807) is 30.2 Å². The zero-order chi connectivity index (χ0) is 25.8. The number of rotatable bonds is 10. The summed E-state index contributed by atoms with van der Waals surface area (Å²) in [6.45, 7) is 12.7. The number of halogens is 1. The van der Waals surface area contributed by atoms with Gasteiger partial charge >= 0.3 is 0 Å². The molecule has 0 aliphatic carbocycles. The van der Waals surface area contributed by atoms with Gasteiger partial charge in [-0.3, -0.25) is 4.79 Å². The van der Waals surface area contributed by atoms with E-state index < -0.39 is 0 Å². The molecular formula is C29H38ClN3O2. The van der Waals surface area contributed by atoms with Gasteiger partial charge in [-0.25, -0.2) is 4.98 Å². The number of carbonyl (C=O) groups excluding carboxylic acids is 1. The molecule has 1 aromatic heterocycles. The van der Waals surface area contributed by atoms with Crippen molar-refractivity contribution in [1.29, 1.82) is 0 Å². The number of anilines is 2. The monoisotopic (exact) mass is 495 g/mol. The van der Waals surface area contributed by atoms with Gasteiger partial charge in [0.1, 0.15) is 11.6 Å². The molecule has 0 atom stereocenters. The molecule has 0 spiro atoms. The van der Waals surface area contributed by atoms with Crippen LogP contribution in [0, 0.1) is 6.92 Å². The molecule has 0 bridgehead atoms. The van der Waals surface area contributed by atoms with Gasteiger partial charge in [-0.05, 0) is 61.7 Å². The third kappa shape index (κ3) is 7.72. The Kier molecular flexibility index (Phi) is 11.6. The average molecular weight is 496 g/mol. The normalized spacial score (nSPS) is 10.3. The van der Waals surface area contributed by atoms with E-state index in [1.165, 1.54) is 0 Å². The Morgan fingerprint density at radius 2 is 1.63 bits per heavy atom. The number of amides is 1. The highest BCUT2D eigenvalue weighted by molar-refractivity contribution is 6.31. The average Bonchev–Trinajstić information content (AvgIpc) is 2.89. The van der Waals surface area contributed by atoms with E-state index in [-0.39, 0.29) is 5.91 Å². The summed E-state index contributed by atoms with van der Waals surface area (Å²) in [7, 11) is 1.54. The van der Waals surface area contributed by atoms with Crippen LogP contribution in [0.25, 0.3) is 0 Å². The molecule has 6 heteroatoms. The number of ether oxygens (including phenoxy) is 1. The van der Waals surface area contributed by atoms with Gasteiger partial charge in [0.25, 0.3) is 5.91 Å². The Bertz CT molecular complexity index is 1050. The van der Waals surface area contributed by atoms with Crippen LogP contribution in [0.4, 0.5) is 11.5 Å². The first-order valence-corrected chi connectivity index (χ1v) is 12.8. The van der Waals surface area contributed by atoms with Gasteiger partial charge in [-0.2, -0.15) is 0 Å². The molecule has 35 heavy (non-hydrogen) atoms. The summed E-state index contributed by atoms with van der Waals surface area (Å²) in [5.74, 6) is 1.26.